The fraction of sp³-hybridized carbons (Fsp3) is 0.400. The second-order valence-electron chi connectivity index (χ2n) is 4.87. The SMILES string of the molecule is CCc1nc(NCc2ccco2)c2c(n1)c(C)nn2CC. The zero-order valence-corrected chi connectivity index (χ0v) is 12.6. The molecule has 1 N–H and O–H groups in total. The number of nitrogens with zero attached hydrogens (tertiary/aromatic N) is 4. The maximum atomic E-state index is 5.36. The molecule has 0 atom stereocenters. The summed E-state index contributed by atoms with van der Waals surface area (Å²) in [5.41, 5.74) is 2.81. The van der Waals surface area contributed by atoms with Crippen LogP contribution in [0.4, 0.5) is 5.82 Å². The molecule has 0 aliphatic carbocycles. The molecule has 6 nitrogen and oxygen atoms in total. The third kappa shape index (κ3) is 2.49. The van der Waals surface area contributed by atoms with Crippen LogP contribution < -0.4 is 5.32 Å². The predicted molar refractivity (Wildman–Crippen MR) is 81.1 cm³/mol. The van der Waals surface area contributed by atoms with Gasteiger partial charge in [-0.25, -0.2) is 9.97 Å². The highest BCUT2D eigenvalue weighted by Crippen LogP contribution is 2.24. The largest absolute Gasteiger partial charge is 0.467 e. The van der Waals surface area contributed by atoms with Gasteiger partial charge in [-0.3, -0.25) is 4.68 Å². The van der Waals surface area contributed by atoms with E-state index in [4.69, 9.17) is 4.42 Å². The van der Waals surface area contributed by atoms with E-state index in [2.05, 4.69) is 34.2 Å². The molecule has 0 saturated carbocycles. The van der Waals surface area contributed by atoms with Crippen LogP contribution in [0.2, 0.25) is 0 Å². The Morgan fingerprint density at radius 3 is 2.81 bits per heavy atom. The number of hydrogen-bond acceptors (Lipinski definition) is 5. The fourth-order valence-corrected chi connectivity index (χ4v) is 2.37. The minimum absolute atomic E-state index is 0.593. The molecule has 0 unspecified atom stereocenters. The molecule has 0 bridgehead atoms. The van der Waals surface area contributed by atoms with Gasteiger partial charge in [0.1, 0.15) is 22.6 Å². The highest BCUT2D eigenvalue weighted by Gasteiger charge is 2.15. The monoisotopic (exact) mass is 285 g/mol. The third-order valence-electron chi connectivity index (χ3n) is 3.43. The molecule has 0 amide bonds. The molecule has 6 heteroatoms. The lowest BCUT2D eigenvalue weighted by Gasteiger charge is -2.09. The number of aryl methyl sites for hydroxylation is 3. The number of aromatic nitrogens is 4. The van der Waals surface area contributed by atoms with E-state index in [-0.39, 0.29) is 0 Å². The molecule has 0 radical (unpaired) electrons. The summed E-state index contributed by atoms with van der Waals surface area (Å²) in [5.74, 6) is 2.51. The van der Waals surface area contributed by atoms with Gasteiger partial charge >= 0.3 is 0 Å². The van der Waals surface area contributed by atoms with Crippen LogP contribution in [0.25, 0.3) is 11.0 Å². The number of nitrogens with one attached hydrogen (secondary N) is 1. The Hall–Kier alpha value is -2.37. The summed E-state index contributed by atoms with van der Waals surface area (Å²) in [6.07, 6.45) is 2.46. The minimum atomic E-state index is 0.593. The average Bonchev–Trinajstić information content (AvgIpc) is 3.13. The van der Waals surface area contributed by atoms with Gasteiger partial charge in [-0.15, -0.1) is 0 Å². The maximum absolute atomic E-state index is 5.36. The van der Waals surface area contributed by atoms with E-state index in [0.29, 0.717) is 6.54 Å². The Morgan fingerprint density at radius 2 is 2.14 bits per heavy atom. The molecule has 0 aliphatic rings. The molecule has 0 spiro atoms. The van der Waals surface area contributed by atoms with E-state index < -0.39 is 0 Å². The summed E-state index contributed by atoms with van der Waals surface area (Å²) in [5, 5.41) is 7.89. The van der Waals surface area contributed by atoms with E-state index in [1.54, 1.807) is 6.26 Å². The van der Waals surface area contributed by atoms with Gasteiger partial charge in [0, 0.05) is 13.0 Å². The molecule has 0 aromatic carbocycles. The Morgan fingerprint density at radius 1 is 1.29 bits per heavy atom. The second kappa shape index (κ2) is 5.55. The van der Waals surface area contributed by atoms with Gasteiger partial charge in [-0.2, -0.15) is 5.10 Å². The number of fused-ring (bicyclic) bond motifs is 1. The first-order chi connectivity index (χ1) is 10.2. The summed E-state index contributed by atoms with van der Waals surface area (Å²) >= 11 is 0. The van der Waals surface area contributed by atoms with Crippen LogP contribution in [0.15, 0.2) is 22.8 Å². The molecule has 3 aromatic rings. The number of furan rings is 1. The standard InChI is InChI=1S/C15H19N5O/c1-4-12-17-13-10(3)19-20(5-2)14(13)15(18-12)16-9-11-7-6-8-21-11/h6-8H,4-5,9H2,1-3H3,(H,16,17,18). The second-order valence-corrected chi connectivity index (χ2v) is 4.87. The van der Waals surface area contributed by atoms with E-state index in [9.17, 15) is 0 Å². The van der Waals surface area contributed by atoms with Crippen molar-refractivity contribution in [3.05, 3.63) is 35.7 Å². The fourth-order valence-electron chi connectivity index (χ4n) is 2.37. The van der Waals surface area contributed by atoms with Gasteiger partial charge in [-0.05, 0) is 26.0 Å². The van der Waals surface area contributed by atoms with Crippen LogP contribution in [0.3, 0.4) is 0 Å². The summed E-state index contributed by atoms with van der Waals surface area (Å²) in [4.78, 5) is 9.23. The predicted octanol–water partition coefficient (Wildman–Crippen LogP) is 2.92. The van der Waals surface area contributed by atoms with Crippen molar-refractivity contribution in [1.29, 1.82) is 0 Å². The molecule has 110 valence electrons. The van der Waals surface area contributed by atoms with Gasteiger partial charge < -0.3 is 9.73 Å². The highest BCUT2D eigenvalue weighted by molar-refractivity contribution is 5.87. The molecule has 0 aliphatic heterocycles. The smallest absolute Gasteiger partial charge is 0.156 e. The number of rotatable bonds is 5. The van der Waals surface area contributed by atoms with E-state index in [0.717, 1.165) is 47.1 Å². The molecule has 3 rings (SSSR count). The first-order valence-corrected chi connectivity index (χ1v) is 7.23. The molecular formula is C15H19N5O. The van der Waals surface area contributed by atoms with Gasteiger partial charge in [0.05, 0.1) is 18.5 Å². The Bertz CT molecular complexity index is 745. The summed E-state index contributed by atoms with van der Waals surface area (Å²) in [7, 11) is 0. The van der Waals surface area contributed by atoms with Crippen LogP contribution in [0, 0.1) is 6.92 Å². The van der Waals surface area contributed by atoms with Crippen molar-refractivity contribution in [3.63, 3.8) is 0 Å². The average molecular weight is 285 g/mol. The van der Waals surface area contributed by atoms with Crippen LogP contribution in [0.1, 0.15) is 31.1 Å². The molecule has 3 aromatic heterocycles. The van der Waals surface area contributed by atoms with Crippen molar-refractivity contribution in [2.24, 2.45) is 0 Å². The van der Waals surface area contributed by atoms with Gasteiger partial charge in [0.2, 0.25) is 0 Å². The normalized spacial score (nSPS) is 11.2. The molecule has 3 heterocycles. The van der Waals surface area contributed by atoms with Gasteiger partial charge in [-0.1, -0.05) is 6.92 Å². The third-order valence-corrected chi connectivity index (χ3v) is 3.43. The summed E-state index contributed by atoms with van der Waals surface area (Å²) in [6, 6.07) is 3.82. The Balaban J connectivity index is 2.05. The van der Waals surface area contributed by atoms with Crippen LogP contribution in [0.5, 0.6) is 0 Å². The van der Waals surface area contributed by atoms with Crippen molar-refractivity contribution < 1.29 is 4.42 Å². The van der Waals surface area contributed by atoms with Crippen LogP contribution in [-0.2, 0) is 19.5 Å². The van der Waals surface area contributed by atoms with E-state index in [1.165, 1.54) is 0 Å². The number of anilines is 1. The lowest BCUT2D eigenvalue weighted by molar-refractivity contribution is 0.517. The zero-order chi connectivity index (χ0) is 14.8. The maximum Gasteiger partial charge on any atom is 0.156 e. The summed E-state index contributed by atoms with van der Waals surface area (Å²) < 4.78 is 7.30. The topological polar surface area (TPSA) is 68.8 Å². The lowest BCUT2D eigenvalue weighted by Crippen LogP contribution is -2.07. The van der Waals surface area contributed by atoms with Gasteiger partial charge in [0.15, 0.2) is 5.82 Å². The van der Waals surface area contributed by atoms with E-state index in [1.807, 2.05) is 23.7 Å². The van der Waals surface area contributed by atoms with Crippen molar-refractivity contribution in [2.45, 2.75) is 40.3 Å². The quantitative estimate of drug-likeness (QED) is 0.780. The van der Waals surface area contributed by atoms with Crippen molar-refractivity contribution in [1.82, 2.24) is 19.7 Å². The highest BCUT2D eigenvalue weighted by atomic mass is 16.3. The number of hydrogen-bond donors (Lipinski definition) is 1. The van der Waals surface area contributed by atoms with Crippen molar-refractivity contribution in [2.75, 3.05) is 5.32 Å². The summed E-state index contributed by atoms with van der Waals surface area (Å²) in [6.45, 7) is 7.48. The molecule has 21 heavy (non-hydrogen) atoms. The zero-order valence-electron chi connectivity index (χ0n) is 12.6. The molecule has 0 saturated heterocycles. The van der Waals surface area contributed by atoms with E-state index >= 15 is 0 Å². The van der Waals surface area contributed by atoms with Crippen molar-refractivity contribution >= 4 is 16.9 Å². The first-order valence-electron chi connectivity index (χ1n) is 7.23. The Labute approximate surface area is 123 Å². The van der Waals surface area contributed by atoms with Crippen LogP contribution >= 0.6 is 0 Å². The Kier molecular flexibility index (Phi) is 3.60. The van der Waals surface area contributed by atoms with Crippen LogP contribution in [-0.4, -0.2) is 19.7 Å². The first kappa shape index (κ1) is 13.6. The molecular weight excluding hydrogens is 266 g/mol. The van der Waals surface area contributed by atoms with Gasteiger partial charge in [0.25, 0.3) is 0 Å². The van der Waals surface area contributed by atoms with Crippen molar-refractivity contribution in [3.8, 4) is 0 Å². The lowest BCUT2D eigenvalue weighted by atomic mass is 10.3. The molecule has 0 fully saturated rings. The minimum Gasteiger partial charge on any atom is -0.467 e.